The van der Waals surface area contributed by atoms with Gasteiger partial charge in [0.2, 0.25) is 0 Å². The van der Waals surface area contributed by atoms with Gasteiger partial charge in [0.15, 0.2) is 0 Å². The van der Waals surface area contributed by atoms with Crippen molar-refractivity contribution in [3.8, 4) is 0 Å². The van der Waals surface area contributed by atoms with Crippen molar-refractivity contribution in [1.82, 2.24) is 10.2 Å². The molecular formula is C20H38N2O3. The molecule has 0 aromatic heterocycles. The predicted octanol–water partition coefficient (Wildman–Crippen LogP) is 3.55. The number of ether oxygens (including phenoxy) is 1. The standard InChI is InChI=1S/C20H38N2O3/c1-18(2,3)25-17(23)22-12-6-7-16(14-22)13-21-15-20(24)10-8-19(4,5)9-11-20/h16,21,24H,6-15H2,1-5H3. The Balaban J connectivity index is 1.73. The van der Waals surface area contributed by atoms with Gasteiger partial charge in [-0.3, -0.25) is 0 Å². The van der Waals surface area contributed by atoms with Crippen LogP contribution in [0.2, 0.25) is 0 Å². The lowest BCUT2D eigenvalue weighted by Gasteiger charge is -2.41. The van der Waals surface area contributed by atoms with Gasteiger partial charge in [0, 0.05) is 19.6 Å². The number of nitrogens with one attached hydrogen (secondary N) is 1. The smallest absolute Gasteiger partial charge is 0.410 e. The van der Waals surface area contributed by atoms with Gasteiger partial charge in [-0.1, -0.05) is 13.8 Å². The summed E-state index contributed by atoms with van der Waals surface area (Å²) in [5, 5.41) is 14.2. The molecule has 0 aromatic rings. The number of hydrogen-bond acceptors (Lipinski definition) is 4. The van der Waals surface area contributed by atoms with Crippen molar-refractivity contribution in [2.75, 3.05) is 26.2 Å². The van der Waals surface area contributed by atoms with E-state index in [9.17, 15) is 9.90 Å². The lowest BCUT2D eigenvalue weighted by molar-refractivity contribution is -0.0255. The summed E-state index contributed by atoms with van der Waals surface area (Å²) in [7, 11) is 0. The number of carbonyl (C=O) groups is 1. The number of hydrogen-bond donors (Lipinski definition) is 2. The molecule has 1 unspecified atom stereocenters. The molecule has 1 aliphatic carbocycles. The molecule has 1 saturated heterocycles. The number of rotatable bonds is 4. The van der Waals surface area contributed by atoms with Crippen molar-refractivity contribution in [3.05, 3.63) is 0 Å². The van der Waals surface area contributed by atoms with Crippen LogP contribution in [0, 0.1) is 11.3 Å². The van der Waals surface area contributed by atoms with E-state index in [1.54, 1.807) is 0 Å². The van der Waals surface area contributed by atoms with Crippen molar-refractivity contribution >= 4 is 6.09 Å². The average molecular weight is 355 g/mol. The van der Waals surface area contributed by atoms with E-state index >= 15 is 0 Å². The number of aliphatic hydroxyl groups is 1. The fourth-order valence-corrected chi connectivity index (χ4v) is 3.80. The first-order valence-electron chi connectivity index (χ1n) is 9.89. The molecule has 1 atom stereocenters. The molecule has 2 fully saturated rings. The van der Waals surface area contributed by atoms with Crippen molar-refractivity contribution in [2.24, 2.45) is 11.3 Å². The minimum atomic E-state index is -0.560. The van der Waals surface area contributed by atoms with E-state index in [1.807, 2.05) is 25.7 Å². The first kappa shape index (κ1) is 20.5. The molecule has 5 heteroatoms. The molecule has 1 amide bonds. The van der Waals surface area contributed by atoms with Gasteiger partial charge in [0.25, 0.3) is 0 Å². The Labute approximate surface area is 153 Å². The second-order valence-corrected chi connectivity index (χ2v) is 9.95. The number of nitrogens with zero attached hydrogens (tertiary/aromatic N) is 1. The molecule has 0 spiro atoms. The van der Waals surface area contributed by atoms with E-state index < -0.39 is 11.2 Å². The molecule has 5 nitrogen and oxygen atoms in total. The molecule has 0 aromatic carbocycles. The van der Waals surface area contributed by atoms with E-state index in [2.05, 4.69) is 19.2 Å². The zero-order valence-corrected chi connectivity index (χ0v) is 16.9. The maximum absolute atomic E-state index is 12.2. The van der Waals surface area contributed by atoms with Crippen molar-refractivity contribution in [3.63, 3.8) is 0 Å². The van der Waals surface area contributed by atoms with E-state index in [1.165, 1.54) is 0 Å². The predicted molar refractivity (Wildman–Crippen MR) is 101 cm³/mol. The zero-order valence-electron chi connectivity index (χ0n) is 16.9. The summed E-state index contributed by atoms with van der Waals surface area (Å²) in [6, 6.07) is 0. The third-order valence-corrected chi connectivity index (χ3v) is 5.59. The lowest BCUT2D eigenvalue weighted by Crippen LogP contribution is -2.48. The molecule has 2 rings (SSSR count). The molecule has 2 aliphatic rings. The fourth-order valence-electron chi connectivity index (χ4n) is 3.80. The Morgan fingerprint density at radius 3 is 2.48 bits per heavy atom. The normalized spacial score (nSPS) is 26.3. The maximum Gasteiger partial charge on any atom is 0.410 e. The summed E-state index contributed by atoms with van der Waals surface area (Å²) < 4.78 is 5.49. The topological polar surface area (TPSA) is 61.8 Å². The van der Waals surface area contributed by atoms with Gasteiger partial charge in [-0.25, -0.2) is 4.79 Å². The molecule has 0 radical (unpaired) electrons. The monoisotopic (exact) mass is 354 g/mol. The Hall–Kier alpha value is -0.810. The number of likely N-dealkylation sites (tertiary alicyclic amines) is 1. The van der Waals surface area contributed by atoms with Gasteiger partial charge >= 0.3 is 6.09 Å². The summed E-state index contributed by atoms with van der Waals surface area (Å²) in [6.07, 6.45) is 5.86. The van der Waals surface area contributed by atoms with E-state index in [0.29, 0.717) is 17.9 Å². The molecular weight excluding hydrogens is 316 g/mol. The summed E-state index contributed by atoms with van der Waals surface area (Å²) in [5.41, 5.74) is -0.640. The fraction of sp³-hybridized carbons (Fsp3) is 0.950. The summed E-state index contributed by atoms with van der Waals surface area (Å²) in [5.74, 6) is 0.435. The van der Waals surface area contributed by atoms with Gasteiger partial charge in [-0.2, -0.15) is 0 Å². The van der Waals surface area contributed by atoms with Crippen LogP contribution in [0.1, 0.15) is 73.1 Å². The van der Waals surface area contributed by atoms with Gasteiger partial charge < -0.3 is 20.1 Å². The summed E-state index contributed by atoms with van der Waals surface area (Å²) in [6.45, 7) is 13.3. The van der Waals surface area contributed by atoms with Crippen LogP contribution in [0.25, 0.3) is 0 Å². The second kappa shape index (κ2) is 7.83. The third-order valence-electron chi connectivity index (χ3n) is 5.59. The average Bonchev–Trinajstić information content (AvgIpc) is 2.50. The quantitative estimate of drug-likeness (QED) is 0.810. The number of carbonyl (C=O) groups excluding carboxylic acids is 1. The Morgan fingerprint density at radius 1 is 1.24 bits per heavy atom. The number of amides is 1. The molecule has 1 heterocycles. The molecule has 1 aliphatic heterocycles. The van der Waals surface area contributed by atoms with Crippen LogP contribution in [0.4, 0.5) is 4.79 Å². The largest absolute Gasteiger partial charge is 0.444 e. The SMILES string of the molecule is CC1(C)CCC(O)(CNCC2CCCN(C(=O)OC(C)(C)C)C2)CC1. The van der Waals surface area contributed by atoms with Gasteiger partial charge in [-0.15, -0.1) is 0 Å². The molecule has 0 bridgehead atoms. The highest BCUT2D eigenvalue weighted by atomic mass is 16.6. The molecule has 2 N–H and O–H groups in total. The van der Waals surface area contributed by atoms with Crippen LogP contribution in [-0.2, 0) is 4.74 Å². The molecule has 146 valence electrons. The zero-order chi connectivity index (χ0) is 18.7. The second-order valence-electron chi connectivity index (χ2n) is 9.95. The van der Waals surface area contributed by atoms with Crippen molar-refractivity contribution < 1.29 is 14.6 Å². The van der Waals surface area contributed by atoms with Gasteiger partial charge in [-0.05, 0) is 77.2 Å². The van der Waals surface area contributed by atoms with E-state index in [-0.39, 0.29) is 6.09 Å². The first-order valence-corrected chi connectivity index (χ1v) is 9.89. The van der Waals surface area contributed by atoms with E-state index in [4.69, 9.17) is 4.74 Å². The Bertz CT molecular complexity index is 446. The minimum absolute atomic E-state index is 0.203. The van der Waals surface area contributed by atoms with Crippen LogP contribution in [-0.4, -0.2) is 53.5 Å². The maximum atomic E-state index is 12.2. The lowest BCUT2D eigenvalue weighted by atomic mass is 9.71. The highest BCUT2D eigenvalue weighted by molar-refractivity contribution is 5.68. The van der Waals surface area contributed by atoms with Crippen LogP contribution in [0.3, 0.4) is 0 Å². The third kappa shape index (κ3) is 6.78. The van der Waals surface area contributed by atoms with Gasteiger partial charge in [0.1, 0.15) is 5.60 Å². The highest BCUT2D eigenvalue weighted by Gasteiger charge is 2.36. The first-order chi connectivity index (χ1) is 11.5. The Morgan fingerprint density at radius 2 is 1.88 bits per heavy atom. The van der Waals surface area contributed by atoms with E-state index in [0.717, 1.165) is 58.2 Å². The minimum Gasteiger partial charge on any atom is -0.444 e. The van der Waals surface area contributed by atoms with Crippen LogP contribution in [0.5, 0.6) is 0 Å². The van der Waals surface area contributed by atoms with Gasteiger partial charge in [0.05, 0.1) is 5.60 Å². The van der Waals surface area contributed by atoms with Crippen LogP contribution < -0.4 is 5.32 Å². The van der Waals surface area contributed by atoms with Crippen LogP contribution >= 0.6 is 0 Å². The van der Waals surface area contributed by atoms with Crippen molar-refractivity contribution in [1.29, 1.82) is 0 Å². The van der Waals surface area contributed by atoms with Crippen LogP contribution in [0.15, 0.2) is 0 Å². The molecule has 25 heavy (non-hydrogen) atoms. The summed E-state index contributed by atoms with van der Waals surface area (Å²) in [4.78, 5) is 14.1. The highest BCUT2D eigenvalue weighted by Crippen LogP contribution is 2.39. The Kier molecular flexibility index (Phi) is 6.42. The van der Waals surface area contributed by atoms with Crippen molar-refractivity contribution in [2.45, 2.75) is 84.3 Å². The number of piperidine rings is 1. The molecule has 1 saturated carbocycles. The summed E-state index contributed by atoms with van der Waals surface area (Å²) >= 11 is 0.